The van der Waals surface area contributed by atoms with Gasteiger partial charge in [-0.1, -0.05) is 49.6 Å². The molecule has 2 rings (SSSR count). The molecule has 1 aromatic rings. The lowest BCUT2D eigenvalue weighted by Gasteiger charge is -2.25. The first kappa shape index (κ1) is 19.7. The predicted octanol–water partition coefficient (Wildman–Crippen LogP) is 3.42. The molecule has 1 aliphatic carbocycles. The first-order valence-corrected chi connectivity index (χ1v) is 11.2. The SMILES string of the molecule is C[C@H](Cc1ccccc1)NC[C@H](O)CP(=O)(O)CC1CCCCC1. The van der Waals surface area contributed by atoms with Gasteiger partial charge in [0, 0.05) is 18.7 Å². The fourth-order valence-electron chi connectivity index (χ4n) is 3.62. The zero-order chi connectivity index (χ0) is 17.4. The van der Waals surface area contributed by atoms with Crippen molar-refractivity contribution in [3.8, 4) is 0 Å². The van der Waals surface area contributed by atoms with E-state index in [1.54, 1.807) is 0 Å². The highest BCUT2D eigenvalue weighted by Crippen LogP contribution is 2.45. The Hall–Kier alpha value is -0.670. The van der Waals surface area contributed by atoms with Crippen molar-refractivity contribution in [2.75, 3.05) is 18.9 Å². The molecular weight excluding hydrogens is 321 g/mol. The Kier molecular flexibility index (Phi) is 7.96. The maximum atomic E-state index is 12.4. The first-order valence-electron chi connectivity index (χ1n) is 9.21. The highest BCUT2D eigenvalue weighted by molar-refractivity contribution is 7.58. The Morgan fingerprint density at radius 2 is 1.88 bits per heavy atom. The van der Waals surface area contributed by atoms with E-state index in [-0.39, 0.29) is 12.2 Å². The summed E-state index contributed by atoms with van der Waals surface area (Å²) in [4.78, 5) is 10.2. The zero-order valence-electron chi connectivity index (χ0n) is 14.7. The van der Waals surface area contributed by atoms with Gasteiger partial charge in [-0.05, 0) is 37.7 Å². The second-order valence-electron chi connectivity index (χ2n) is 7.37. The van der Waals surface area contributed by atoms with Crippen LogP contribution in [-0.4, -0.2) is 41.0 Å². The van der Waals surface area contributed by atoms with E-state index in [0.717, 1.165) is 19.3 Å². The second-order valence-corrected chi connectivity index (χ2v) is 9.79. The minimum absolute atomic E-state index is 0.00849. The molecule has 24 heavy (non-hydrogen) atoms. The van der Waals surface area contributed by atoms with Crippen molar-refractivity contribution < 1.29 is 14.6 Å². The van der Waals surface area contributed by atoms with Crippen molar-refractivity contribution in [2.24, 2.45) is 5.92 Å². The zero-order valence-corrected chi connectivity index (χ0v) is 15.6. The van der Waals surface area contributed by atoms with Crippen LogP contribution in [0.4, 0.5) is 0 Å². The van der Waals surface area contributed by atoms with Crippen LogP contribution in [0.2, 0.25) is 0 Å². The third-order valence-electron chi connectivity index (χ3n) is 4.85. The van der Waals surface area contributed by atoms with Gasteiger partial charge in [0.1, 0.15) is 0 Å². The lowest BCUT2D eigenvalue weighted by atomic mass is 9.91. The van der Waals surface area contributed by atoms with Gasteiger partial charge in [-0.15, -0.1) is 0 Å². The van der Waals surface area contributed by atoms with Gasteiger partial charge < -0.3 is 15.3 Å². The molecule has 0 radical (unpaired) electrons. The van der Waals surface area contributed by atoms with Crippen LogP contribution >= 0.6 is 7.37 Å². The number of rotatable bonds is 9. The van der Waals surface area contributed by atoms with Crippen molar-refractivity contribution in [2.45, 2.75) is 57.6 Å². The van der Waals surface area contributed by atoms with E-state index in [4.69, 9.17) is 0 Å². The normalized spacial score (nSPS) is 21.1. The lowest BCUT2D eigenvalue weighted by molar-refractivity contribution is 0.185. The minimum atomic E-state index is -3.23. The number of hydrogen-bond acceptors (Lipinski definition) is 3. The summed E-state index contributed by atoms with van der Waals surface area (Å²) in [7, 11) is -3.23. The number of nitrogens with one attached hydrogen (secondary N) is 1. The molecule has 1 aliphatic rings. The third kappa shape index (κ3) is 7.48. The van der Waals surface area contributed by atoms with Crippen LogP contribution in [0.3, 0.4) is 0 Å². The summed E-state index contributed by atoms with van der Waals surface area (Å²) in [6, 6.07) is 10.4. The summed E-state index contributed by atoms with van der Waals surface area (Å²) < 4.78 is 12.4. The average molecular weight is 353 g/mol. The van der Waals surface area contributed by atoms with Gasteiger partial charge in [0.2, 0.25) is 7.37 Å². The predicted molar refractivity (Wildman–Crippen MR) is 99.8 cm³/mol. The molecule has 5 heteroatoms. The number of aliphatic hydroxyl groups is 1. The molecule has 1 saturated carbocycles. The Morgan fingerprint density at radius 1 is 1.21 bits per heavy atom. The van der Waals surface area contributed by atoms with Gasteiger partial charge in [-0.25, -0.2) is 0 Å². The lowest BCUT2D eigenvalue weighted by Crippen LogP contribution is -2.36. The van der Waals surface area contributed by atoms with Crippen LogP contribution in [-0.2, 0) is 11.0 Å². The number of hydrogen-bond donors (Lipinski definition) is 3. The fourth-order valence-corrected chi connectivity index (χ4v) is 5.73. The maximum Gasteiger partial charge on any atom is 0.203 e. The Balaban J connectivity index is 1.69. The van der Waals surface area contributed by atoms with Gasteiger partial charge in [0.15, 0.2) is 0 Å². The van der Waals surface area contributed by atoms with Gasteiger partial charge >= 0.3 is 0 Å². The second kappa shape index (κ2) is 9.72. The first-order chi connectivity index (χ1) is 11.4. The molecule has 0 aromatic heterocycles. The molecule has 0 amide bonds. The van der Waals surface area contributed by atoms with Crippen LogP contribution in [0.5, 0.6) is 0 Å². The third-order valence-corrected chi connectivity index (χ3v) is 6.93. The molecule has 0 aliphatic heterocycles. The van der Waals surface area contributed by atoms with Crippen LogP contribution < -0.4 is 5.32 Å². The standard InChI is InChI=1S/C19H32NO3P/c1-16(12-17-8-4-2-5-9-17)20-13-19(21)15-24(22,23)14-18-10-6-3-7-11-18/h2,4-5,8-9,16,18-21H,3,6-7,10-15H2,1H3,(H,22,23)/t16-,19+/m1/s1. The van der Waals surface area contributed by atoms with E-state index in [9.17, 15) is 14.6 Å². The van der Waals surface area contributed by atoms with Gasteiger partial charge in [-0.3, -0.25) is 4.57 Å². The molecule has 3 N–H and O–H groups in total. The highest BCUT2D eigenvalue weighted by Gasteiger charge is 2.28. The van der Waals surface area contributed by atoms with E-state index in [0.29, 0.717) is 18.6 Å². The smallest absolute Gasteiger partial charge is 0.203 e. The average Bonchev–Trinajstić information content (AvgIpc) is 2.54. The molecule has 3 atom stereocenters. The highest BCUT2D eigenvalue weighted by atomic mass is 31.2. The summed E-state index contributed by atoms with van der Waals surface area (Å²) in [6.45, 7) is 2.43. The number of aliphatic hydroxyl groups excluding tert-OH is 1. The topological polar surface area (TPSA) is 69.6 Å². The molecule has 1 unspecified atom stereocenters. The quantitative estimate of drug-likeness (QED) is 0.595. The maximum absolute atomic E-state index is 12.4. The minimum Gasteiger partial charge on any atom is -0.391 e. The molecule has 136 valence electrons. The van der Waals surface area contributed by atoms with Crippen molar-refractivity contribution in [1.82, 2.24) is 5.32 Å². The molecule has 1 aromatic carbocycles. The van der Waals surface area contributed by atoms with Gasteiger partial charge in [0.05, 0.1) is 12.3 Å². The van der Waals surface area contributed by atoms with Gasteiger partial charge in [0.25, 0.3) is 0 Å². The van der Waals surface area contributed by atoms with Crippen molar-refractivity contribution in [3.05, 3.63) is 35.9 Å². The molecule has 0 heterocycles. The van der Waals surface area contributed by atoms with E-state index in [2.05, 4.69) is 24.4 Å². The summed E-state index contributed by atoms with van der Waals surface area (Å²) >= 11 is 0. The molecule has 0 spiro atoms. The monoisotopic (exact) mass is 353 g/mol. The molecule has 4 nitrogen and oxygen atoms in total. The van der Waals surface area contributed by atoms with Crippen molar-refractivity contribution in [1.29, 1.82) is 0 Å². The summed E-state index contributed by atoms with van der Waals surface area (Å²) in [5.41, 5.74) is 1.25. The molecular formula is C19H32NO3P. The van der Waals surface area contributed by atoms with Crippen LogP contribution in [0.15, 0.2) is 30.3 Å². The number of benzene rings is 1. The molecule has 0 saturated heterocycles. The molecule has 1 fully saturated rings. The summed E-state index contributed by atoms with van der Waals surface area (Å²) in [5.74, 6) is 0.367. The molecule has 0 bridgehead atoms. The fraction of sp³-hybridized carbons (Fsp3) is 0.684. The summed E-state index contributed by atoms with van der Waals surface area (Å²) in [6.07, 6.45) is 6.22. The van der Waals surface area contributed by atoms with Crippen LogP contribution in [0.1, 0.15) is 44.6 Å². The largest absolute Gasteiger partial charge is 0.391 e. The van der Waals surface area contributed by atoms with Crippen molar-refractivity contribution in [3.63, 3.8) is 0 Å². The van der Waals surface area contributed by atoms with E-state index in [1.165, 1.54) is 24.8 Å². The Labute approximate surface area is 146 Å². The van der Waals surface area contributed by atoms with E-state index in [1.807, 2.05) is 18.2 Å². The van der Waals surface area contributed by atoms with Crippen LogP contribution in [0, 0.1) is 5.92 Å². The summed E-state index contributed by atoms with van der Waals surface area (Å²) in [5, 5.41) is 13.4. The van der Waals surface area contributed by atoms with E-state index < -0.39 is 13.5 Å². The Morgan fingerprint density at radius 3 is 2.54 bits per heavy atom. The van der Waals surface area contributed by atoms with Crippen molar-refractivity contribution >= 4 is 7.37 Å². The Bertz CT molecular complexity index is 517. The van der Waals surface area contributed by atoms with E-state index >= 15 is 0 Å². The van der Waals surface area contributed by atoms with Crippen LogP contribution in [0.25, 0.3) is 0 Å². The van der Waals surface area contributed by atoms with Gasteiger partial charge in [-0.2, -0.15) is 0 Å².